The lowest BCUT2D eigenvalue weighted by atomic mass is 10.2. The third kappa shape index (κ3) is 3.81. The average molecular weight is 380 g/mol. The van der Waals surface area contributed by atoms with Gasteiger partial charge in [-0.05, 0) is 41.3 Å². The van der Waals surface area contributed by atoms with Gasteiger partial charge in [0.25, 0.3) is 0 Å². The van der Waals surface area contributed by atoms with Crippen LogP contribution < -0.4 is 9.47 Å². The summed E-state index contributed by atoms with van der Waals surface area (Å²) in [6.45, 7) is 0. The number of ether oxygens (including phenoxy) is 2. The molecule has 0 N–H and O–H groups in total. The van der Waals surface area contributed by atoms with Crippen LogP contribution in [-0.4, -0.2) is 17.1 Å². The molecule has 0 aliphatic rings. The van der Waals surface area contributed by atoms with Crippen LogP contribution in [0.15, 0.2) is 71.2 Å². The first-order valence-electron chi connectivity index (χ1n) is 8.06. The Kier molecular flexibility index (Phi) is 5.04. The molecule has 0 atom stereocenters. The molecule has 0 saturated carbocycles. The maximum absolute atomic E-state index is 6.03. The van der Waals surface area contributed by atoms with Crippen LogP contribution in [0.4, 0.5) is 0 Å². The molecule has 0 bridgehead atoms. The number of methoxy groups -OCH3 is 1. The van der Waals surface area contributed by atoms with Crippen LogP contribution in [0.5, 0.6) is 17.4 Å². The van der Waals surface area contributed by atoms with Crippen LogP contribution in [0.2, 0.25) is 0 Å². The smallest absolute Gasteiger partial charge is 0.241 e. The maximum Gasteiger partial charge on any atom is 0.241 e. The molecule has 4 nitrogen and oxygen atoms in total. The van der Waals surface area contributed by atoms with E-state index in [0.717, 1.165) is 27.5 Å². The number of nitrogens with zero attached hydrogens (tertiary/aromatic N) is 2. The lowest BCUT2D eigenvalue weighted by molar-refractivity contribution is 0.412. The maximum atomic E-state index is 6.03. The highest BCUT2D eigenvalue weighted by molar-refractivity contribution is 7.98. The van der Waals surface area contributed by atoms with E-state index < -0.39 is 0 Å². The van der Waals surface area contributed by atoms with E-state index in [2.05, 4.69) is 22.1 Å². The van der Waals surface area contributed by atoms with Gasteiger partial charge in [-0.15, -0.1) is 11.3 Å². The average Bonchev–Trinajstić information content (AvgIpc) is 3.17. The summed E-state index contributed by atoms with van der Waals surface area (Å²) in [5.41, 5.74) is 2.15. The quantitative estimate of drug-likeness (QED) is 0.313. The van der Waals surface area contributed by atoms with Gasteiger partial charge in [-0.1, -0.05) is 42.1 Å². The van der Waals surface area contributed by atoms with Gasteiger partial charge in [0.05, 0.1) is 12.6 Å². The molecule has 6 heteroatoms. The van der Waals surface area contributed by atoms with Gasteiger partial charge in [0.2, 0.25) is 5.88 Å². The predicted molar refractivity (Wildman–Crippen MR) is 106 cm³/mol. The molecular formula is C20H16N2O2S2. The largest absolute Gasteiger partial charge is 0.497 e. The summed E-state index contributed by atoms with van der Waals surface area (Å²) in [6.07, 6.45) is 0. The number of rotatable bonds is 6. The number of fused-ring (bicyclic) bond motifs is 1. The fourth-order valence-corrected chi connectivity index (χ4v) is 3.98. The molecule has 26 heavy (non-hydrogen) atoms. The molecule has 2 heterocycles. The van der Waals surface area contributed by atoms with Gasteiger partial charge in [0, 0.05) is 5.75 Å². The molecule has 0 saturated heterocycles. The van der Waals surface area contributed by atoms with Crippen molar-refractivity contribution >= 4 is 33.3 Å². The summed E-state index contributed by atoms with van der Waals surface area (Å²) in [6, 6.07) is 19.8. The first kappa shape index (κ1) is 16.9. The summed E-state index contributed by atoms with van der Waals surface area (Å²) < 4.78 is 12.2. The first-order valence-corrected chi connectivity index (χ1v) is 9.92. The van der Waals surface area contributed by atoms with Crippen molar-refractivity contribution in [2.24, 2.45) is 0 Å². The van der Waals surface area contributed by atoms with Crippen molar-refractivity contribution < 1.29 is 9.47 Å². The Morgan fingerprint density at radius 3 is 2.46 bits per heavy atom. The van der Waals surface area contributed by atoms with Gasteiger partial charge in [-0.3, -0.25) is 0 Å². The standard InChI is InChI=1S/C20H16N2O2S2/c1-23-15-7-9-16(10-8-15)24-19-18-17(11-12-25-18)21-20(22-19)26-13-14-5-3-2-4-6-14/h2-12H,13H2,1H3. The zero-order valence-corrected chi connectivity index (χ0v) is 15.7. The van der Waals surface area contributed by atoms with Gasteiger partial charge in [0.15, 0.2) is 5.16 Å². The molecule has 4 rings (SSSR count). The fraction of sp³-hybridized carbons (Fsp3) is 0.100. The SMILES string of the molecule is COc1ccc(Oc2nc(SCc3ccccc3)nc3ccsc23)cc1. The Labute approximate surface area is 159 Å². The van der Waals surface area contributed by atoms with Crippen molar-refractivity contribution in [1.29, 1.82) is 0 Å². The van der Waals surface area contributed by atoms with Crippen molar-refractivity contribution in [3.63, 3.8) is 0 Å². The van der Waals surface area contributed by atoms with Crippen molar-refractivity contribution in [3.8, 4) is 17.4 Å². The number of benzene rings is 2. The van der Waals surface area contributed by atoms with Crippen LogP contribution in [0, 0.1) is 0 Å². The van der Waals surface area contributed by atoms with Gasteiger partial charge < -0.3 is 9.47 Å². The molecule has 0 spiro atoms. The Balaban J connectivity index is 1.59. The lowest BCUT2D eigenvalue weighted by Crippen LogP contribution is -1.94. The molecule has 0 fully saturated rings. The van der Waals surface area contributed by atoms with E-state index >= 15 is 0 Å². The third-order valence-corrected chi connectivity index (χ3v) is 5.55. The van der Waals surface area contributed by atoms with E-state index in [4.69, 9.17) is 9.47 Å². The van der Waals surface area contributed by atoms with E-state index in [1.807, 2.05) is 53.9 Å². The predicted octanol–water partition coefficient (Wildman–Crippen LogP) is 5.78. The van der Waals surface area contributed by atoms with Crippen molar-refractivity contribution in [3.05, 3.63) is 71.6 Å². The molecular weight excluding hydrogens is 364 g/mol. The second-order valence-electron chi connectivity index (χ2n) is 5.50. The number of hydrogen-bond acceptors (Lipinski definition) is 6. The number of aromatic nitrogens is 2. The Morgan fingerprint density at radius 1 is 0.923 bits per heavy atom. The monoisotopic (exact) mass is 380 g/mol. The summed E-state index contributed by atoms with van der Waals surface area (Å²) in [5, 5.41) is 2.72. The van der Waals surface area contributed by atoms with E-state index in [-0.39, 0.29) is 0 Å². The summed E-state index contributed by atoms with van der Waals surface area (Å²) in [4.78, 5) is 9.28. The molecule has 2 aromatic heterocycles. The highest BCUT2D eigenvalue weighted by Crippen LogP contribution is 2.34. The van der Waals surface area contributed by atoms with Crippen molar-refractivity contribution in [1.82, 2.24) is 9.97 Å². The van der Waals surface area contributed by atoms with Crippen molar-refractivity contribution in [2.75, 3.05) is 7.11 Å². The molecule has 0 aliphatic carbocycles. The van der Waals surface area contributed by atoms with Gasteiger partial charge in [0.1, 0.15) is 16.2 Å². The number of thiophene rings is 1. The zero-order chi connectivity index (χ0) is 17.8. The van der Waals surface area contributed by atoms with Gasteiger partial charge >= 0.3 is 0 Å². The van der Waals surface area contributed by atoms with Gasteiger partial charge in [-0.2, -0.15) is 4.98 Å². The molecule has 0 aliphatic heterocycles. The minimum atomic E-state index is 0.589. The minimum Gasteiger partial charge on any atom is -0.497 e. The molecule has 0 radical (unpaired) electrons. The molecule has 0 amide bonds. The van der Waals surface area contributed by atoms with Crippen LogP contribution in [0.3, 0.4) is 0 Å². The summed E-state index contributed by atoms with van der Waals surface area (Å²) >= 11 is 3.19. The topological polar surface area (TPSA) is 44.2 Å². The van der Waals surface area contributed by atoms with Crippen LogP contribution in [-0.2, 0) is 5.75 Å². The second kappa shape index (κ2) is 7.76. The fourth-order valence-electron chi connectivity index (χ4n) is 2.43. The molecule has 0 unspecified atom stereocenters. The lowest BCUT2D eigenvalue weighted by Gasteiger charge is -2.08. The second-order valence-corrected chi connectivity index (χ2v) is 7.36. The molecule has 2 aromatic carbocycles. The highest BCUT2D eigenvalue weighted by Gasteiger charge is 2.12. The van der Waals surface area contributed by atoms with Crippen molar-refractivity contribution in [2.45, 2.75) is 10.9 Å². The van der Waals surface area contributed by atoms with E-state index in [1.54, 1.807) is 30.2 Å². The first-order chi connectivity index (χ1) is 12.8. The van der Waals surface area contributed by atoms with Crippen LogP contribution >= 0.6 is 23.1 Å². The third-order valence-electron chi connectivity index (χ3n) is 3.74. The van der Waals surface area contributed by atoms with E-state index in [0.29, 0.717) is 11.0 Å². The zero-order valence-electron chi connectivity index (χ0n) is 14.1. The Bertz CT molecular complexity index is 1000. The molecule has 4 aromatic rings. The van der Waals surface area contributed by atoms with E-state index in [9.17, 15) is 0 Å². The highest BCUT2D eigenvalue weighted by atomic mass is 32.2. The molecule has 130 valence electrons. The van der Waals surface area contributed by atoms with Gasteiger partial charge in [-0.25, -0.2) is 4.98 Å². The summed E-state index contributed by atoms with van der Waals surface area (Å²) in [5.74, 6) is 2.92. The summed E-state index contributed by atoms with van der Waals surface area (Å²) in [7, 11) is 1.64. The minimum absolute atomic E-state index is 0.589. The van der Waals surface area contributed by atoms with Crippen LogP contribution in [0.25, 0.3) is 10.2 Å². The normalized spacial score (nSPS) is 10.8. The van der Waals surface area contributed by atoms with E-state index in [1.165, 1.54) is 5.56 Å². The van der Waals surface area contributed by atoms with Crippen LogP contribution in [0.1, 0.15) is 5.56 Å². The Hall–Kier alpha value is -2.57. The number of hydrogen-bond donors (Lipinski definition) is 0. The Morgan fingerprint density at radius 2 is 1.69 bits per heavy atom. The number of thioether (sulfide) groups is 1.